The molecule has 1 rings (SSSR count). The van der Waals surface area contributed by atoms with Crippen molar-refractivity contribution in [2.24, 2.45) is 0 Å². The summed E-state index contributed by atoms with van der Waals surface area (Å²) < 4.78 is 12.6. The smallest absolute Gasteiger partial charge is 0.168 e. The van der Waals surface area contributed by atoms with Crippen molar-refractivity contribution in [3.05, 3.63) is 29.3 Å². The molecule has 0 aromatic carbocycles. The summed E-state index contributed by atoms with van der Waals surface area (Å²) in [5.41, 5.74) is 0.578. The van der Waals surface area contributed by atoms with Crippen LogP contribution in [0.4, 0.5) is 4.39 Å². The van der Waals surface area contributed by atoms with Crippen molar-refractivity contribution in [3.8, 4) is 0 Å². The van der Waals surface area contributed by atoms with Crippen LogP contribution >= 0.6 is 0 Å². The number of aromatic nitrogens is 1. The Hall–Kier alpha value is -1.25. The molecule has 0 bridgehead atoms. The van der Waals surface area contributed by atoms with E-state index in [1.54, 1.807) is 6.92 Å². The fraction of sp³-hybridized carbons (Fsp3) is 0.143. The maximum absolute atomic E-state index is 12.6. The van der Waals surface area contributed by atoms with E-state index in [-0.39, 0.29) is 5.69 Å². The van der Waals surface area contributed by atoms with Crippen LogP contribution in [0.15, 0.2) is 12.3 Å². The van der Waals surface area contributed by atoms with E-state index >= 15 is 0 Å². The predicted molar refractivity (Wildman–Crippen MR) is 34.3 cm³/mol. The summed E-state index contributed by atoms with van der Waals surface area (Å²) in [6, 6.07) is 1.11. The Morgan fingerprint density at radius 1 is 1.70 bits per heavy atom. The summed E-state index contributed by atoms with van der Waals surface area (Å²) in [7, 11) is 0. The SMILES string of the molecule is Cc1cnc(C=O)cc1F. The third-order valence-corrected chi connectivity index (χ3v) is 1.18. The summed E-state index contributed by atoms with van der Waals surface area (Å²) in [5, 5.41) is 0. The van der Waals surface area contributed by atoms with E-state index in [0.29, 0.717) is 11.8 Å². The average molecular weight is 139 g/mol. The number of hydrogen-bond donors (Lipinski definition) is 0. The van der Waals surface area contributed by atoms with Gasteiger partial charge in [-0.3, -0.25) is 9.78 Å². The number of rotatable bonds is 1. The molecule has 52 valence electrons. The molecule has 0 atom stereocenters. The molecule has 0 aliphatic carbocycles. The molecule has 0 spiro atoms. The van der Waals surface area contributed by atoms with Crippen molar-refractivity contribution in [2.45, 2.75) is 6.92 Å². The summed E-state index contributed by atoms with van der Waals surface area (Å²) >= 11 is 0. The van der Waals surface area contributed by atoms with E-state index < -0.39 is 5.82 Å². The van der Waals surface area contributed by atoms with Gasteiger partial charge in [0.05, 0.1) is 0 Å². The Balaban J connectivity index is 3.16. The second kappa shape index (κ2) is 2.56. The normalized spacial score (nSPS) is 9.40. The van der Waals surface area contributed by atoms with Crippen molar-refractivity contribution in [1.29, 1.82) is 0 Å². The van der Waals surface area contributed by atoms with Gasteiger partial charge < -0.3 is 0 Å². The van der Waals surface area contributed by atoms with Crippen LogP contribution in [0.5, 0.6) is 0 Å². The third kappa shape index (κ3) is 1.18. The van der Waals surface area contributed by atoms with Gasteiger partial charge in [0.25, 0.3) is 0 Å². The summed E-state index contributed by atoms with van der Waals surface area (Å²) in [4.78, 5) is 13.7. The molecule has 0 saturated heterocycles. The molecular formula is C7H6FNO. The average Bonchev–Trinajstić information content (AvgIpc) is 1.95. The van der Waals surface area contributed by atoms with Crippen LogP contribution in [0.3, 0.4) is 0 Å². The number of hydrogen-bond acceptors (Lipinski definition) is 2. The molecule has 0 saturated carbocycles. The highest BCUT2D eigenvalue weighted by molar-refractivity contribution is 5.71. The number of aryl methyl sites for hydroxylation is 1. The Bertz CT molecular complexity index is 260. The molecule has 0 fully saturated rings. The van der Waals surface area contributed by atoms with Gasteiger partial charge in [-0.2, -0.15) is 0 Å². The number of halogens is 1. The number of aldehydes is 1. The fourth-order valence-electron chi connectivity index (χ4n) is 0.578. The van der Waals surface area contributed by atoms with Crippen molar-refractivity contribution in [1.82, 2.24) is 4.98 Å². The third-order valence-electron chi connectivity index (χ3n) is 1.18. The molecule has 1 heterocycles. The maximum Gasteiger partial charge on any atom is 0.168 e. The number of nitrogens with zero attached hydrogens (tertiary/aromatic N) is 1. The highest BCUT2D eigenvalue weighted by Gasteiger charge is 1.97. The van der Waals surface area contributed by atoms with Gasteiger partial charge in [-0.15, -0.1) is 0 Å². The van der Waals surface area contributed by atoms with Gasteiger partial charge in [0.15, 0.2) is 6.29 Å². The standard InChI is InChI=1S/C7H6FNO/c1-5-3-9-6(4-10)2-7(5)8/h2-4H,1H3. The molecule has 0 radical (unpaired) electrons. The number of carbonyl (C=O) groups excluding carboxylic acids is 1. The van der Waals surface area contributed by atoms with E-state index in [2.05, 4.69) is 4.98 Å². The molecular weight excluding hydrogens is 133 g/mol. The second-order valence-electron chi connectivity index (χ2n) is 1.98. The highest BCUT2D eigenvalue weighted by Crippen LogP contribution is 2.03. The zero-order valence-electron chi connectivity index (χ0n) is 5.47. The van der Waals surface area contributed by atoms with Gasteiger partial charge in [0.2, 0.25) is 0 Å². The van der Waals surface area contributed by atoms with Gasteiger partial charge in [-0.1, -0.05) is 0 Å². The second-order valence-corrected chi connectivity index (χ2v) is 1.98. The van der Waals surface area contributed by atoms with Crippen molar-refractivity contribution in [2.75, 3.05) is 0 Å². The fourth-order valence-corrected chi connectivity index (χ4v) is 0.578. The van der Waals surface area contributed by atoms with Crippen LogP contribution in [-0.4, -0.2) is 11.3 Å². The van der Waals surface area contributed by atoms with Crippen LogP contribution < -0.4 is 0 Å². The minimum absolute atomic E-state index is 0.128. The lowest BCUT2D eigenvalue weighted by atomic mass is 10.3. The highest BCUT2D eigenvalue weighted by atomic mass is 19.1. The van der Waals surface area contributed by atoms with Gasteiger partial charge >= 0.3 is 0 Å². The van der Waals surface area contributed by atoms with Gasteiger partial charge in [0, 0.05) is 17.8 Å². The van der Waals surface area contributed by atoms with Crippen LogP contribution in [0, 0.1) is 12.7 Å². The lowest BCUT2D eigenvalue weighted by molar-refractivity contribution is 0.111. The molecule has 2 nitrogen and oxygen atoms in total. The first kappa shape index (κ1) is 6.86. The maximum atomic E-state index is 12.6. The molecule has 0 aliphatic heterocycles. The predicted octanol–water partition coefficient (Wildman–Crippen LogP) is 1.34. The first-order valence-corrected chi connectivity index (χ1v) is 2.81. The van der Waals surface area contributed by atoms with E-state index in [1.165, 1.54) is 6.20 Å². The first-order valence-electron chi connectivity index (χ1n) is 2.81. The topological polar surface area (TPSA) is 30.0 Å². The minimum atomic E-state index is -0.392. The van der Waals surface area contributed by atoms with E-state index in [0.717, 1.165) is 6.07 Å². The van der Waals surface area contributed by atoms with E-state index in [9.17, 15) is 9.18 Å². The van der Waals surface area contributed by atoms with Crippen molar-refractivity contribution < 1.29 is 9.18 Å². The molecule has 0 aliphatic rings. The summed E-state index contributed by atoms with van der Waals surface area (Å²) in [5.74, 6) is -0.392. The molecule has 0 unspecified atom stereocenters. The molecule has 1 aromatic rings. The zero-order chi connectivity index (χ0) is 7.56. The van der Waals surface area contributed by atoms with Crippen molar-refractivity contribution >= 4 is 6.29 Å². The van der Waals surface area contributed by atoms with Gasteiger partial charge in [-0.05, 0) is 6.92 Å². The Kier molecular flexibility index (Phi) is 1.76. The van der Waals surface area contributed by atoms with E-state index in [4.69, 9.17) is 0 Å². The summed E-state index contributed by atoms with van der Waals surface area (Å²) in [6.45, 7) is 1.59. The van der Waals surface area contributed by atoms with Crippen LogP contribution in [0.2, 0.25) is 0 Å². The lowest BCUT2D eigenvalue weighted by Gasteiger charge is -1.93. The lowest BCUT2D eigenvalue weighted by Crippen LogP contribution is -1.90. The Morgan fingerprint density at radius 2 is 2.40 bits per heavy atom. The molecule has 10 heavy (non-hydrogen) atoms. The summed E-state index contributed by atoms with van der Waals surface area (Å²) in [6.07, 6.45) is 1.85. The number of pyridine rings is 1. The monoisotopic (exact) mass is 139 g/mol. The van der Waals surface area contributed by atoms with E-state index in [1.807, 2.05) is 0 Å². The molecule has 0 N–H and O–H groups in total. The van der Waals surface area contributed by atoms with Crippen molar-refractivity contribution in [3.63, 3.8) is 0 Å². The first-order chi connectivity index (χ1) is 4.74. The zero-order valence-corrected chi connectivity index (χ0v) is 5.47. The quantitative estimate of drug-likeness (QED) is 0.549. The Labute approximate surface area is 57.7 Å². The van der Waals surface area contributed by atoms with Crippen LogP contribution in [-0.2, 0) is 0 Å². The number of carbonyl (C=O) groups is 1. The molecule has 0 amide bonds. The Morgan fingerprint density at radius 3 is 2.90 bits per heavy atom. The molecule has 3 heteroatoms. The largest absolute Gasteiger partial charge is 0.296 e. The van der Waals surface area contributed by atoms with Gasteiger partial charge in [0.1, 0.15) is 11.5 Å². The van der Waals surface area contributed by atoms with Gasteiger partial charge in [-0.25, -0.2) is 4.39 Å². The molecule has 1 aromatic heterocycles. The minimum Gasteiger partial charge on any atom is -0.296 e. The van der Waals surface area contributed by atoms with Crippen LogP contribution in [0.25, 0.3) is 0 Å². The van der Waals surface area contributed by atoms with Crippen LogP contribution in [0.1, 0.15) is 16.1 Å².